The average Bonchev–Trinajstić information content (AvgIpc) is 3.19. The minimum atomic E-state index is -0.522. The van der Waals surface area contributed by atoms with E-state index in [1.54, 1.807) is 31.2 Å². The lowest BCUT2D eigenvalue weighted by molar-refractivity contribution is -0.117. The molecule has 1 aromatic carbocycles. The van der Waals surface area contributed by atoms with E-state index in [9.17, 15) is 14.4 Å². The van der Waals surface area contributed by atoms with E-state index >= 15 is 0 Å². The minimum absolute atomic E-state index is 0.0283. The van der Waals surface area contributed by atoms with Gasteiger partial charge in [0.1, 0.15) is 11.3 Å². The van der Waals surface area contributed by atoms with Gasteiger partial charge in [0.15, 0.2) is 0 Å². The van der Waals surface area contributed by atoms with Gasteiger partial charge in [-0.2, -0.15) is 0 Å². The number of hydrogen-bond acceptors (Lipinski definition) is 5. The number of carbonyl (C=O) groups excluding carboxylic acids is 3. The van der Waals surface area contributed by atoms with Gasteiger partial charge in [0.25, 0.3) is 11.8 Å². The van der Waals surface area contributed by atoms with E-state index in [0.29, 0.717) is 17.0 Å². The molecule has 2 amide bonds. The number of nitrogens with one attached hydrogen (secondary N) is 1. The van der Waals surface area contributed by atoms with E-state index in [4.69, 9.17) is 9.15 Å². The van der Waals surface area contributed by atoms with Crippen LogP contribution in [0.4, 0.5) is 5.69 Å². The van der Waals surface area contributed by atoms with Gasteiger partial charge < -0.3 is 9.15 Å². The van der Waals surface area contributed by atoms with Gasteiger partial charge in [-0.1, -0.05) is 0 Å². The van der Waals surface area contributed by atoms with Crippen molar-refractivity contribution in [2.45, 2.75) is 6.92 Å². The molecule has 2 heterocycles. The molecule has 24 heavy (non-hydrogen) atoms. The second-order valence-corrected chi connectivity index (χ2v) is 4.92. The second-order valence-electron chi connectivity index (χ2n) is 4.92. The number of esters is 1. The van der Waals surface area contributed by atoms with Crippen molar-refractivity contribution in [1.29, 1.82) is 0 Å². The van der Waals surface area contributed by atoms with Gasteiger partial charge >= 0.3 is 5.97 Å². The zero-order valence-corrected chi connectivity index (χ0v) is 12.8. The predicted octanol–water partition coefficient (Wildman–Crippen LogP) is 1.92. The summed E-state index contributed by atoms with van der Waals surface area (Å²) in [5.41, 5.74) is 3.25. The molecule has 0 unspecified atom stereocenters. The maximum atomic E-state index is 12.4. The normalized spacial score (nSPS) is 15.7. The van der Waals surface area contributed by atoms with Crippen molar-refractivity contribution in [3.8, 4) is 0 Å². The van der Waals surface area contributed by atoms with Crippen LogP contribution < -0.4 is 10.4 Å². The maximum Gasteiger partial charge on any atom is 0.338 e. The summed E-state index contributed by atoms with van der Waals surface area (Å²) in [7, 11) is 0. The van der Waals surface area contributed by atoms with Crippen molar-refractivity contribution >= 4 is 29.5 Å². The Hall–Kier alpha value is -3.35. The first kappa shape index (κ1) is 15.5. The van der Waals surface area contributed by atoms with Gasteiger partial charge in [-0.05, 0) is 49.4 Å². The van der Waals surface area contributed by atoms with Crippen LogP contribution in [-0.4, -0.2) is 24.4 Å². The molecule has 1 aromatic heterocycles. The topological polar surface area (TPSA) is 88.8 Å². The van der Waals surface area contributed by atoms with Crippen molar-refractivity contribution in [3.63, 3.8) is 0 Å². The Balaban J connectivity index is 1.82. The Morgan fingerprint density at radius 2 is 2.00 bits per heavy atom. The molecule has 7 nitrogen and oxygen atoms in total. The molecule has 7 heteroatoms. The third kappa shape index (κ3) is 2.91. The smallest absolute Gasteiger partial charge is 0.338 e. The van der Waals surface area contributed by atoms with Crippen LogP contribution >= 0.6 is 0 Å². The van der Waals surface area contributed by atoms with Crippen molar-refractivity contribution in [3.05, 3.63) is 59.6 Å². The molecule has 0 atom stereocenters. The first-order chi connectivity index (χ1) is 11.6. The van der Waals surface area contributed by atoms with Crippen LogP contribution in [0.5, 0.6) is 0 Å². The highest BCUT2D eigenvalue weighted by Crippen LogP contribution is 2.22. The molecule has 0 spiro atoms. The molecular weight excluding hydrogens is 312 g/mol. The van der Waals surface area contributed by atoms with Crippen LogP contribution in [0.2, 0.25) is 0 Å². The van der Waals surface area contributed by atoms with Crippen molar-refractivity contribution in [1.82, 2.24) is 5.43 Å². The molecule has 1 fully saturated rings. The number of hydrazine groups is 1. The summed E-state index contributed by atoms with van der Waals surface area (Å²) in [6.07, 6.45) is 2.83. The standard InChI is InChI=1S/C17H14N2O5/c1-2-23-17(22)11-5-7-12(8-6-11)19-16(21)14(15(20)18-19)10-13-4-3-9-24-13/h3-10H,2H2,1H3,(H,18,20)/b14-10-. The highest BCUT2D eigenvalue weighted by Gasteiger charge is 2.34. The van der Waals surface area contributed by atoms with Gasteiger partial charge in [-0.25, -0.2) is 9.80 Å². The summed E-state index contributed by atoms with van der Waals surface area (Å²) in [6.45, 7) is 2.00. The summed E-state index contributed by atoms with van der Waals surface area (Å²) in [5, 5.41) is 1.12. The lowest BCUT2D eigenvalue weighted by Crippen LogP contribution is -2.35. The lowest BCUT2D eigenvalue weighted by atomic mass is 10.2. The Morgan fingerprint density at radius 1 is 1.25 bits per heavy atom. The average molecular weight is 326 g/mol. The minimum Gasteiger partial charge on any atom is -0.465 e. The number of anilines is 1. The monoisotopic (exact) mass is 326 g/mol. The highest BCUT2D eigenvalue weighted by atomic mass is 16.5. The Kier molecular flexibility index (Phi) is 4.15. The predicted molar refractivity (Wildman–Crippen MR) is 84.7 cm³/mol. The number of hydrogen-bond donors (Lipinski definition) is 1. The Labute approximate surface area is 137 Å². The molecule has 0 aliphatic carbocycles. The fourth-order valence-electron chi connectivity index (χ4n) is 2.22. The molecule has 122 valence electrons. The van der Waals surface area contributed by atoms with Crippen LogP contribution in [0.25, 0.3) is 6.08 Å². The largest absolute Gasteiger partial charge is 0.465 e. The van der Waals surface area contributed by atoms with Gasteiger partial charge in [0.05, 0.1) is 24.1 Å². The first-order valence-corrected chi connectivity index (χ1v) is 7.28. The second kappa shape index (κ2) is 6.41. The summed E-state index contributed by atoms with van der Waals surface area (Å²) in [5.74, 6) is -1.06. The van der Waals surface area contributed by atoms with E-state index in [2.05, 4.69) is 5.43 Å². The van der Waals surface area contributed by atoms with Gasteiger partial charge in [-0.3, -0.25) is 15.0 Å². The molecule has 3 rings (SSSR count). The number of nitrogens with zero attached hydrogens (tertiary/aromatic N) is 1. The van der Waals surface area contributed by atoms with Gasteiger partial charge in [0.2, 0.25) is 0 Å². The Morgan fingerprint density at radius 3 is 2.62 bits per heavy atom. The quantitative estimate of drug-likeness (QED) is 0.527. The van der Waals surface area contributed by atoms with Crippen LogP contribution in [0.1, 0.15) is 23.0 Å². The summed E-state index contributed by atoms with van der Waals surface area (Å²) in [6, 6.07) is 9.47. The zero-order valence-electron chi connectivity index (χ0n) is 12.8. The lowest BCUT2D eigenvalue weighted by Gasteiger charge is -2.14. The van der Waals surface area contributed by atoms with Crippen LogP contribution in [0, 0.1) is 0 Å². The van der Waals surface area contributed by atoms with Crippen molar-refractivity contribution in [2.24, 2.45) is 0 Å². The molecular formula is C17H14N2O5. The number of carbonyl (C=O) groups is 3. The number of amides is 2. The molecule has 1 aliphatic heterocycles. The highest BCUT2D eigenvalue weighted by molar-refractivity contribution is 6.31. The summed E-state index contributed by atoms with van der Waals surface area (Å²) >= 11 is 0. The number of furan rings is 1. The third-order valence-corrected chi connectivity index (χ3v) is 3.36. The number of rotatable bonds is 4. The maximum absolute atomic E-state index is 12.4. The van der Waals surface area contributed by atoms with Gasteiger partial charge in [0, 0.05) is 0 Å². The van der Waals surface area contributed by atoms with Crippen molar-refractivity contribution < 1.29 is 23.5 Å². The number of ether oxygens (including phenoxy) is 1. The van der Waals surface area contributed by atoms with E-state index in [0.717, 1.165) is 5.01 Å². The van der Waals surface area contributed by atoms with Crippen LogP contribution in [-0.2, 0) is 14.3 Å². The zero-order chi connectivity index (χ0) is 17.1. The van der Waals surface area contributed by atoms with Crippen LogP contribution in [0.15, 0.2) is 52.7 Å². The molecule has 2 aromatic rings. The summed E-state index contributed by atoms with van der Waals surface area (Å²) < 4.78 is 10.0. The summed E-state index contributed by atoms with van der Waals surface area (Å²) in [4.78, 5) is 36.0. The van der Waals surface area contributed by atoms with E-state index in [1.807, 2.05) is 0 Å². The van der Waals surface area contributed by atoms with E-state index < -0.39 is 17.8 Å². The van der Waals surface area contributed by atoms with Crippen LogP contribution in [0.3, 0.4) is 0 Å². The number of benzene rings is 1. The van der Waals surface area contributed by atoms with E-state index in [-0.39, 0.29) is 12.2 Å². The molecule has 1 N–H and O–H groups in total. The fraction of sp³-hybridized carbons (Fsp3) is 0.118. The molecule has 0 radical (unpaired) electrons. The molecule has 0 saturated carbocycles. The molecule has 0 bridgehead atoms. The van der Waals surface area contributed by atoms with Crippen molar-refractivity contribution in [2.75, 3.05) is 11.6 Å². The molecule has 1 saturated heterocycles. The SMILES string of the molecule is CCOC(=O)c1ccc(N2NC(=O)/C(=C/c3ccco3)C2=O)cc1. The fourth-order valence-corrected chi connectivity index (χ4v) is 2.22. The van der Waals surface area contributed by atoms with Gasteiger partial charge in [-0.15, -0.1) is 0 Å². The molecule has 1 aliphatic rings. The Bertz CT molecular complexity index is 806. The first-order valence-electron chi connectivity index (χ1n) is 7.28. The third-order valence-electron chi connectivity index (χ3n) is 3.36. The van der Waals surface area contributed by atoms with E-state index in [1.165, 1.54) is 24.5 Å².